The van der Waals surface area contributed by atoms with Crippen LogP contribution in [-0.2, 0) is 11.8 Å². The van der Waals surface area contributed by atoms with Crippen molar-refractivity contribution >= 4 is 34.3 Å². The molecule has 1 amide bonds. The second-order valence-corrected chi connectivity index (χ2v) is 6.64. The van der Waals surface area contributed by atoms with E-state index in [4.69, 9.17) is 4.74 Å². The highest BCUT2D eigenvalue weighted by Crippen LogP contribution is 2.36. The van der Waals surface area contributed by atoms with Gasteiger partial charge in [-0.25, -0.2) is 9.97 Å². The van der Waals surface area contributed by atoms with E-state index in [-0.39, 0.29) is 5.91 Å². The third-order valence-corrected chi connectivity index (χ3v) is 4.61. The summed E-state index contributed by atoms with van der Waals surface area (Å²) in [5.74, 6) is 1.48. The molecule has 0 aliphatic heterocycles. The molecule has 4 rings (SSSR count). The van der Waals surface area contributed by atoms with Crippen molar-refractivity contribution in [2.45, 2.75) is 13.8 Å². The van der Waals surface area contributed by atoms with Crippen molar-refractivity contribution in [2.75, 3.05) is 17.7 Å². The Kier molecular flexibility index (Phi) is 4.63. The molecule has 3 heterocycles. The van der Waals surface area contributed by atoms with E-state index in [1.54, 1.807) is 18.0 Å². The third kappa shape index (κ3) is 3.49. The topological polar surface area (TPSA) is 110 Å². The summed E-state index contributed by atoms with van der Waals surface area (Å²) < 4.78 is 7.26. The number of H-pyrrole nitrogens is 1. The van der Waals surface area contributed by atoms with Gasteiger partial charge in [0.05, 0.1) is 24.5 Å². The maximum atomic E-state index is 11.5. The predicted octanol–water partition coefficient (Wildman–Crippen LogP) is 3.38. The fourth-order valence-corrected chi connectivity index (χ4v) is 3.15. The van der Waals surface area contributed by atoms with Crippen LogP contribution < -0.4 is 15.4 Å². The van der Waals surface area contributed by atoms with Crippen molar-refractivity contribution in [3.8, 4) is 17.0 Å². The fourth-order valence-electron chi connectivity index (χ4n) is 3.15. The van der Waals surface area contributed by atoms with Gasteiger partial charge in [-0.2, -0.15) is 5.10 Å². The minimum Gasteiger partial charge on any atom is -0.493 e. The fraction of sp³-hybridized carbons (Fsp3) is 0.200. The van der Waals surface area contributed by atoms with E-state index in [1.807, 2.05) is 44.4 Å². The van der Waals surface area contributed by atoms with Crippen molar-refractivity contribution < 1.29 is 9.53 Å². The van der Waals surface area contributed by atoms with Gasteiger partial charge in [0, 0.05) is 42.9 Å². The number of nitrogens with one attached hydrogen (secondary N) is 3. The number of aromatic nitrogens is 5. The van der Waals surface area contributed by atoms with E-state index in [0.717, 1.165) is 22.2 Å². The molecule has 9 nitrogen and oxygen atoms in total. The monoisotopic (exact) mass is 391 g/mol. The number of anilines is 3. The van der Waals surface area contributed by atoms with Crippen LogP contribution in [0.4, 0.5) is 17.5 Å². The molecule has 9 heteroatoms. The van der Waals surface area contributed by atoms with Crippen LogP contribution in [0, 0.1) is 6.92 Å². The molecule has 0 aliphatic rings. The number of benzene rings is 1. The van der Waals surface area contributed by atoms with Crippen LogP contribution in [0.2, 0.25) is 0 Å². The molecular weight excluding hydrogens is 370 g/mol. The van der Waals surface area contributed by atoms with Crippen LogP contribution in [0.1, 0.15) is 12.6 Å². The first-order valence-electron chi connectivity index (χ1n) is 9.03. The van der Waals surface area contributed by atoms with E-state index in [9.17, 15) is 4.79 Å². The summed E-state index contributed by atoms with van der Waals surface area (Å²) in [6, 6.07) is 7.61. The summed E-state index contributed by atoms with van der Waals surface area (Å²) in [7, 11) is 3.45. The molecule has 3 N–H and O–H groups in total. The zero-order chi connectivity index (χ0) is 20.5. The molecule has 29 heavy (non-hydrogen) atoms. The summed E-state index contributed by atoms with van der Waals surface area (Å²) in [5, 5.41) is 11.3. The number of ether oxygens (including phenoxy) is 1. The van der Waals surface area contributed by atoms with Gasteiger partial charge in [-0.15, -0.1) is 0 Å². The largest absolute Gasteiger partial charge is 0.493 e. The molecule has 0 unspecified atom stereocenters. The van der Waals surface area contributed by atoms with E-state index in [1.165, 1.54) is 6.92 Å². The lowest BCUT2D eigenvalue weighted by atomic mass is 10.1. The first-order chi connectivity index (χ1) is 14.0. The van der Waals surface area contributed by atoms with Crippen LogP contribution in [0.15, 0.2) is 36.7 Å². The molecule has 0 saturated carbocycles. The van der Waals surface area contributed by atoms with Crippen LogP contribution in [0.5, 0.6) is 5.75 Å². The van der Waals surface area contributed by atoms with Gasteiger partial charge >= 0.3 is 0 Å². The van der Waals surface area contributed by atoms with Gasteiger partial charge < -0.3 is 20.4 Å². The number of methoxy groups -OCH3 is 1. The Morgan fingerprint density at radius 1 is 1.31 bits per heavy atom. The number of amides is 1. The maximum absolute atomic E-state index is 11.5. The Morgan fingerprint density at radius 3 is 2.83 bits per heavy atom. The zero-order valence-electron chi connectivity index (χ0n) is 16.6. The average molecular weight is 391 g/mol. The number of rotatable bonds is 5. The highest BCUT2D eigenvalue weighted by Gasteiger charge is 2.17. The van der Waals surface area contributed by atoms with Crippen LogP contribution >= 0.6 is 0 Å². The number of nitrogens with zero attached hydrogens (tertiary/aromatic N) is 4. The first kappa shape index (κ1) is 18.5. The van der Waals surface area contributed by atoms with Crippen molar-refractivity contribution in [1.82, 2.24) is 24.7 Å². The maximum Gasteiger partial charge on any atom is 0.229 e. The Bertz CT molecular complexity index is 1190. The number of carbonyl (C=O) groups excluding carboxylic acids is 1. The van der Waals surface area contributed by atoms with Gasteiger partial charge in [-0.1, -0.05) is 12.1 Å². The smallest absolute Gasteiger partial charge is 0.229 e. The summed E-state index contributed by atoms with van der Waals surface area (Å²) in [5.41, 5.74) is 4.00. The molecule has 0 bridgehead atoms. The van der Waals surface area contributed by atoms with Gasteiger partial charge in [0.2, 0.25) is 11.9 Å². The highest BCUT2D eigenvalue weighted by atomic mass is 16.5. The number of aromatic amines is 1. The van der Waals surface area contributed by atoms with Gasteiger partial charge in [0.25, 0.3) is 0 Å². The minimum absolute atomic E-state index is 0.134. The first-order valence-corrected chi connectivity index (χ1v) is 9.03. The Morgan fingerprint density at radius 2 is 2.14 bits per heavy atom. The molecule has 0 fully saturated rings. The van der Waals surface area contributed by atoms with Crippen LogP contribution in [0.3, 0.4) is 0 Å². The molecule has 0 atom stereocenters. The molecule has 0 radical (unpaired) electrons. The molecule has 0 spiro atoms. The normalized spacial score (nSPS) is 10.9. The standard InChI is InChI=1S/C20H21N7O2/c1-11-8-17(26-27(11)3)24-20-22-10-16(29-4)19(25-20)14-9-21-18-13(14)6-5-7-15(18)23-12(2)28/h5-10,21H,1-4H3,(H,23,28)(H,22,24,25,26). The third-order valence-electron chi connectivity index (χ3n) is 4.61. The van der Waals surface area contributed by atoms with E-state index >= 15 is 0 Å². The van der Waals surface area contributed by atoms with E-state index in [0.29, 0.717) is 28.9 Å². The van der Waals surface area contributed by atoms with Gasteiger partial charge in [-0.05, 0) is 13.0 Å². The van der Waals surface area contributed by atoms with E-state index < -0.39 is 0 Å². The summed E-state index contributed by atoms with van der Waals surface area (Å²) >= 11 is 0. The summed E-state index contributed by atoms with van der Waals surface area (Å²) in [6.45, 7) is 3.45. The van der Waals surface area contributed by atoms with Gasteiger partial charge in [0.15, 0.2) is 11.6 Å². The number of hydrogen-bond acceptors (Lipinski definition) is 6. The second kappa shape index (κ2) is 7.27. The molecule has 4 aromatic rings. The molecule has 0 saturated heterocycles. The van der Waals surface area contributed by atoms with Crippen LogP contribution in [0.25, 0.3) is 22.2 Å². The number of aryl methyl sites for hydroxylation is 2. The molecule has 3 aromatic heterocycles. The highest BCUT2D eigenvalue weighted by molar-refractivity contribution is 6.05. The summed E-state index contributed by atoms with van der Waals surface area (Å²) in [4.78, 5) is 23.7. The van der Waals surface area contributed by atoms with Gasteiger partial charge in [0.1, 0.15) is 5.69 Å². The Labute approximate surface area is 167 Å². The predicted molar refractivity (Wildman–Crippen MR) is 111 cm³/mol. The number of hydrogen-bond donors (Lipinski definition) is 3. The number of para-hydroxylation sites is 1. The minimum atomic E-state index is -0.134. The van der Waals surface area contributed by atoms with Crippen molar-refractivity contribution in [3.63, 3.8) is 0 Å². The van der Waals surface area contributed by atoms with Crippen molar-refractivity contribution in [2.24, 2.45) is 7.05 Å². The average Bonchev–Trinajstić information content (AvgIpc) is 3.25. The molecule has 148 valence electrons. The lowest BCUT2D eigenvalue weighted by Gasteiger charge is -2.09. The second-order valence-electron chi connectivity index (χ2n) is 6.64. The molecular formula is C20H21N7O2. The quantitative estimate of drug-likeness (QED) is 0.481. The zero-order valence-corrected chi connectivity index (χ0v) is 16.6. The lowest BCUT2D eigenvalue weighted by Crippen LogP contribution is -2.05. The van der Waals surface area contributed by atoms with Crippen LogP contribution in [-0.4, -0.2) is 37.7 Å². The van der Waals surface area contributed by atoms with Crippen molar-refractivity contribution in [3.05, 3.63) is 42.4 Å². The lowest BCUT2D eigenvalue weighted by molar-refractivity contribution is -0.114. The van der Waals surface area contributed by atoms with Crippen molar-refractivity contribution in [1.29, 1.82) is 0 Å². The SMILES string of the molecule is COc1cnc(Nc2cc(C)n(C)n2)nc1-c1c[nH]c2c(NC(C)=O)cccc12. The van der Waals surface area contributed by atoms with Gasteiger partial charge in [-0.3, -0.25) is 9.48 Å². The summed E-state index contributed by atoms with van der Waals surface area (Å²) in [6.07, 6.45) is 3.46. The van der Waals surface area contributed by atoms with E-state index in [2.05, 4.69) is 30.7 Å². The number of carbonyl (C=O) groups is 1. The Hall–Kier alpha value is -3.88. The molecule has 1 aromatic carbocycles. The Balaban J connectivity index is 1.78. The number of fused-ring (bicyclic) bond motifs is 1. The molecule has 0 aliphatic carbocycles.